The summed E-state index contributed by atoms with van der Waals surface area (Å²) in [5, 5.41) is 23.1. The van der Waals surface area contributed by atoms with E-state index in [0.29, 0.717) is 16.7 Å². The Balaban J connectivity index is 1.68. The van der Waals surface area contributed by atoms with Crippen molar-refractivity contribution in [2.45, 2.75) is 12.5 Å². The Bertz CT molecular complexity index is 1320. The Labute approximate surface area is 182 Å². The summed E-state index contributed by atoms with van der Waals surface area (Å²) in [6.45, 7) is 0. The predicted octanol–water partition coefficient (Wildman–Crippen LogP) is 4.26. The van der Waals surface area contributed by atoms with E-state index in [4.69, 9.17) is 0 Å². The second-order valence-electron chi connectivity index (χ2n) is 7.14. The number of nitrogens with one attached hydrogen (secondary N) is 1. The van der Waals surface area contributed by atoms with Crippen LogP contribution in [0.5, 0.6) is 0 Å². The van der Waals surface area contributed by atoms with Gasteiger partial charge >= 0.3 is 5.97 Å². The van der Waals surface area contributed by atoms with Crippen LogP contribution in [0.3, 0.4) is 0 Å². The lowest BCUT2D eigenvalue weighted by Gasteiger charge is -2.18. The van der Waals surface area contributed by atoms with Crippen molar-refractivity contribution in [1.29, 1.82) is 0 Å². The van der Waals surface area contributed by atoms with Crippen molar-refractivity contribution in [3.63, 3.8) is 0 Å². The van der Waals surface area contributed by atoms with E-state index < -0.39 is 22.8 Å². The Morgan fingerprint density at radius 3 is 2.56 bits per heavy atom. The summed E-state index contributed by atoms with van der Waals surface area (Å²) in [5.41, 5.74) is 2.55. The van der Waals surface area contributed by atoms with E-state index in [1.54, 1.807) is 29.1 Å². The summed E-state index contributed by atoms with van der Waals surface area (Å²) < 4.78 is 1.77. The van der Waals surface area contributed by atoms with E-state index in [2.05, 4.69) is 10.3 Å². The number of amides is 1. The SMILES string of the molecule is O=C(O)CC(c1ccccc1)n1cnc2ccc(NC(=O)c3cccc([N+](=O)[O-])c3)cc21. The molecule has 32 heavy (non-hydrogen) atoms. The molecule has 1 unspecified atom stereocenters. The molecule has 0 aliphatic rings. The highest BCUT2D eigenvalue weighted by molar-refractivity contribution is 6.05. The Kier molecular flexibility index (Phi) is 5.63. The lowest BCUT2D eigenvalue weighted by Crippen LogP contribution is -2.15. The zero-order chi connectivity index (χ0) is 22.7. The van der Waals surface area contributed by atoms with Crippen molar-refractivity contribution < 1.29 is 19.6 Å². The number of carbonyl (C=O) groups is 2. The average molecular weight is 430 g/mol. The Hall–Kier alpha value is -4.53. The summed E-state index contributed by atoms with van der Waals surface area (Å²) in [7, 11) is 0. The molecule has 0 saturated heterocycles. The average Bonchev–Trinajstić information content (AvgIpc) is 3.21. The van der Waals surface area contributed by atoms with Crippen molar-refractivity contribution >= 4 is 34.3 Å². The predicted molar refractivity (Wildman–Crippen MR) is 118 cm³/mol. The number of nitrogens with zero attached hydrogens (tertiary/aromatic N) is 3. The molecule has 1 atom stereocenters. The maximum Gasteiger partial charge on any atom is 0.305 e. The number of hydrogen-bond donors (Lipinski definition) is 2. The topological polar surface area (TPSA) is 127 Å². The molecule has 160 valence electrons. The molecule has 0 spiro atoms. The largest absolute Gasteiger partial charge is 0.481 e. The monoisotopic (exact) mass is 430 g/mol. The van der Waals surface area contributed by atoms with Gasteiger partial charge in [-0.25, -0.2) is 4.98 Å². The molecule has 0 aliphatic carbocycles. The minimum Gasteiger partial charge on any atom is -0.481 e. The lowest BCUT2D eigenvalue weighted by atomic mass is 10.0. The first-order chi connectivity index (χ1) is 15.4. The van der Waals surface area contributed by atoms with Crippen LogP contribution in [-0.2, 0) is 4.79 Å². The highest BCUT2D eigenvalue weighted by atomic mass is 16.6. The fraction of sp³-hybridized carbons (Fsp3) is 0.0870. The maximum atomic E-state index is 12.6. The van der Waals surface area contributed by atoms with Crippen molar-refractivity contribution in [1.82, 2.24) is 9.55 Å². The minimum absolute atomic E-state index is 0.139. The van der Waals surface area contributed by atoms with E-state index in [1.807, 2.05) is 30.3 Å². The molecule has 3 aromatic carbocycles. The molecule has 0 aliphatic heterocycles. The number of non-ortho nitro benzene ring substituents is 1. The third-order valence-electron chi connectivity index (χ3n) is 5.04. The van der Waals surface area contributed by atoms with Crippen LogP contribution in [-0.4, -0.2) is 31.5 Å². The summed E-state index contributed by atoms with van der Waals surface area (Å²) in [6, 6.07) is 19.3. The molecule has 4 rings (SSSR count). The summed E-state index contributed by atoms with van der Waals surface area (Å²) in [5.74, 6) is -1.44. The van der Waals surface area contributed by atoms with Crippen molar-refractivity contribution in [3.8, 4) is 0 Å². The normalized spacial score (nSPS) is 11.8. The number of carboxylic acids is 1. The first kappa shape index (κ1) is 20.7. The van der Waals surface area contributed by atoms with Gasteiger partial charge in [0.25, 0.3) is 11.6 Å². The van der Waals surface area contributed by atoms with Gasteiger partial charge in [-0.2, -0.15) is 0 Å². The number of aromatic nitrogens is 2. The smallest absolute Gasteiger partial charge is 0.305 e. The molecule has 1 aromatic heterocycles. The molecule has 1 amide bonds. The van der Waals surface area contributed by atoms with Crippen LogP contribution in [0.1, 0.15) is 28.4 Å². The first-order valence-electron chi connectivity index (χ1n) is 9.71. The molecule has 0 radical (unpaired) electrons. The van der Waals surface area contributed by atoms with Crippen LogP contribution in [0, 0.1) is 10.1 Å². The van der Waals surface area contributed by atoms with Crippen LogP contribution in [0.25, 0.3) is 11.0 Å². The maximum absolute atomic E-state index is 12.6. The third-order valence-corrected chi connectivity index (χ3v) is 5.04. The minimum atomic E-state index is -0.948. The molecule has 0 fully saturated rings. The molecule has 9 heteroatoms. The molecule has 9 nitrogen and oxygen atoms in total. The van der Waals surface area contributed by atoms with Gasteiger partial charge in [0.2, 0.25) is 0 Å². The number of imidazole rings is 1. The third kappa shape index (κ3) is 4.31. The van der Waals surface area contributed by atoms with Crippen LogP contribution in [0.4, 0.5) is 11.4 Å². The van der Waals surface area contributed by atoms with Gasteiger partial charge in [-0.3, -0.25) is 19.7 Å². The van der Waals surface area contributed by atoms with E-state index in [1.165, 1.54) is 24.3 Å². The quantitative estimate of drug-likeness (QED) is 0.333. The number of anilines is 1. The standard InChI is InChI=1S/C23H18N4O5/c28-22(29)13-20(15-5-2-1-3-6-15)26-14-24-19-10-9-17(12-21(19)26)25-23(30)16-7-4-8-18(11-16)27(31)32/h1-12,14,20H,13H2,(H,25,30)(H,28,29). The molecular weight excluding hydrogens is 412 g/mol. The van der Waals surface area contributed by atoms with E-state index in [0.717, 1.165) is 5.56 Å². The van der Waals surface area contributed by atoms with Gasteiger partial charge in [0.05, 0.1) is 34.7 Å². The lowest BCUT2D eigenvalue weighted by molar-refractivity contribution is -0.384. The number of fused-ring (bicyclic) bond motifs is 1. The fourth-order valence-corrected chi connectivity index (χ4v) is 3.53. The van der Waals surface area contributed by atoms with Gasteiger partial charge in [0.1, 0.15) is 0 Å². The molecular formula is C23H18N4O5. The van der Waals surface area contributed by atoms with Gasteiger partial charge in [-0.15, -0.1) is 0 Å². The van der Waals surface area contributed by atoms with Crippen LogP contribution in [0.2, 0.25) is 0 Å². The van der Waals surface area contributed by atoms with Gasteiger partial charge in [-0.05, 0) is 29.8 Å². The number of carboxylic acid groups (broad SMARTS) is 1. The van der Waals surface area contributed by atoms with Crippen molar-refractivity contribution in [2.75, 3.05) is 5.32 Å². The Morgan fingerprint density at radius 2 is 1.84 bits per heavy atom. The highest BCUT2D eigenvalue weighted by Crippen LogP contribution is 2.28. The van der Waals surface area contributed by atoms with E-state index >= 15 is 0 Å². The van der Waals surface area contributed by atoms with Gasteiger partial charge in [-0.1, -0.05) is 36.4 Å². The summed E-state index contributed by atoms with van der Waals surface area (Å²) >= 11 is 0. The highest BCUT2D eigenvalue weighted by Gasteiger charge is 2.20. The number of aliphatic carboxylic acids is 1. The number of nitro benzene ring substituents is 1. The van der Waals surface area contributed by atoms with E-state index in [-0.39, 0.29) is 17.7 Å². The number of rotatable bonds is 7. The summed E-state index contributed by atoms with van der Waals surface area (Å²) in [6.07, 6.45) is 1.44. The van der Waals surface area contributed by atoms with Gasteiger partial charge in [0.15, 0.2) is 0 Å². The zero-order valence-corrected chi connectivity index (χ0v) is 16.7. The fourth-order valence-electron chi connectivity index (χ4n) is 3.53. The summed E-state index contributed by atoms with van der Waals surface area (Å²) in [4.78, 5) is 38.9. The van der Waals surface area contributed by atoms with E-state index in [9.17, 15) is 24.8 Å². The molecule has 1 heterocycles. The van der Waals surface area contributed by atoms with Crippen LogP contribution in [0.15, 0.2) is 79.1 Å². The van der Waals surface area contributed by atoms with Crippen molar-refractivity contribution in [2.24, 2.45) is 0 Å². The molecule has 0 bridgehead atoms. The van der Waals surface area contributed by atoms with Crippen molar-refractivity contribution in [3.05, 3.63) is 100 Å². The van der Waals surface area contributed by atoms with Crippen LogP contribution >= 0.6 is 0 Å². The molecule has 4 aromatic rings. The van der Waals surface area contributed by atoms with Crippen LogP contribution < -0.4 is 5.32 Å². The second-order valence-corrected chi connectivity index (χ2v) is 7.14. The second kappa shape index (κ2) is 8.68. The number of nitro groups is 1. The Morgan fingerprint density at radius 1 is 1.06 bits per heavy atom. The zero-order valence-electron chi connectivity index (χ0n) is 16.7. The number of hydrogen-bond acceptors (Lipinski definition) is 5. The van der Waals surface area contributed by atoms with Gasteiger partial charge < -0.3 is 15.0 Å². The molecule has 0 saturated carbocycles. The number of benzene rings is 3. The first-order valence-corrected chi connectivity index (χ1v) is 9.71. The molecule has 2 N–H and O–H groups in total. The number of carbonyl (C=O) groups excluding carboxylic acids is 1. The van der Waals surface area contributed by atoms with Gasteiger partial charge in [0, 0.05) is 23.4 Å².